The molecular formula is C16H26N2O4S. The number of nitrogens with one attached hydrogen (secondary N) is 1. The van der Waals surface area contributed by atoms with Gasteiger partial charge in [-0.3, -0.25) is 4.90 Å². The van der Waals surface area contributed by atoms with Crippen molar-refractivity contribution in [3.63, 3.8) is 0 Å². The molecule has 6 nitrogen and oxygen atoms in total. The van der Waals surface area contributed by atoms with Gasteiger partial charge in [0, 0.05) is 25.2 Å². The zero-order valence-corrected chi connectivity index (χ0v) is 14.9. The Kier molecular flexibility index (Phi) is 6.02. The Labute approximate surface area is 138 Å². The highest BCUT2D eigenvalue weighted by atomic mass is 32.2. The van der Waals surface area contributed by atoms with Gasteiger partial charge in [-0.1, -0.05) is 6.92 Å². The summed E-state index contributed by atoms with van der Waals surface area (Å²) in [6.45, 7) is 7.59. The van der Waals surface area contributed by atoms with E-state index < -0.39 is 10.0 Å². The van der Waals surface area contributed by atoms with E-state index in [1.807, 2.05) is 0 Å². The molecule has 1 unspecified atom stereocenters. The van der Waals surface area contributed by atoms with E-state index >= 15 is 0 Å². The zero-order valence-electron chi connectivity index (χ0n) is 14.0. The molecule has 7 heteroatoms. The number of nitrogens with zero attached hydrogens (tertiary/aromatic N) is 1. The topological polar surface area (TPSA) is 67.9 Å². The number of rotatable bonds is 7. The van der Waals surface area contributed by atoms with Crippen molar-refractivity contribution in [3.8, 4) is 5.75 Å². The third-order valence-corrected chi connectivity index (χ3v) is 5.97. The SMILES string of the molecule is CCC(C)(CNS(=O)(=O)c1ccc(OC)cc1)N1CCOCC1. The van der Waals surface area contributed by atoms with Crippen molar-refractivity contribution in [3.05, 3.63) is 24.3 Å². The Morgan fingerprint density at radius 3 is 2.39 bits per heavy atom. The molecule has 2 rings (SSSR count). The first-order valence-corrected chi connectivity index (χ1v) is 9.36. The number of sulfonamides is 1. The molecule has 1 N–H and O–H groups in total. The Balaban J connectivity index is 2.06. The summed E-state index contributed by atoms with van der Waals surface area (Å²) in [6, 6.07) is 6.41. The molecule has 0 bridgehead atoms. The Morgan fingerprint density at radius 2 is 1.87 bits per heavy atom. The molecule has 0 radical (unpaired) electrons. The molecule has 1 aliphatic heterocycles. The second-order valence-corrected chi connectivity index (χ2v) is 7.72. The first kappa shape index (κ1) is 18.2. The van der Waals surface area contributed by atoms with E-state index in [0.29, 0.717) is 25.5 Å². The third kappa shape index (κ3) is 4.44. The van der Waals surface area contributed by atoms with E-state index in [-0.39, 0.29) is 10.4 Å². The molecule has 1 fully saturated rings. The van der Waals surface area contributed by atoms with Crippen LogP contribution in [-0.2, 0) is 14.8 Å². The van der Waals surface area contributed by atoms with Gasteiger partial charge in [0.15, 0.2) is 0 Å². The maximum absolute atomic E-state index is 12.5. The molecule has 0 aliphatic carbocycles. The molecule has 130 valence electrons. The van der Waals surface area contributed by atoms with Crippen LogP contribution in [0.25, 0.3) is 0 Å². The normalized spacial score (nSPS) is 19.3. The molecule has 23 heavy (non-hydrogen) atoms. The van der Waals surface area contributed by atoms with E-state index in [1.165, 1.54) is 0 Å². The van der Waals surface area contributed by atoms with Crippen molar-refractivity contribution >= 4 is 10.0 Å². The minimum atomic E-state index is -3.53. The second-order valence-electron chi connectivity index (χ2n) is 5.95. The smallest absolute Gasteiger partial charge is 0.240 e. The average molecular weight is 342 g/mol. The van der Waals surface area contributed by atoms with E-state index in [9.17, 15) is 8.42 Å². The summed E-state index contributed by atoms with van der Waals surface area (Å²) in [5.41, 5.74) is -0.219. The lowest BCUT2D eigenvalue weighted by molar-refractivity contribution is -0.0157. The molecule has 0 amide bonds. The van der Waals surface area contributed by atoms with Crippen LogP contribution in [0.2, 0.25) is 0 Å². The number of methoxy groups -OCH3 is 1. The summed E-state index contributed by atoms with van der Waals surface area (Å²) < 4.78 is 38.2. The van der Waals surface area contributed by atoms with Crippen molar-refractivity contribution in [2.45, 2.75) is 30.7 Å². The van der Waals surface area contributed by atoms with E-state index in [2.05, 4.69) is 23.5 Å². The third-order valence-electron chi connectivity index (χ3n) is 4.55. The lowest BCUT2D eigenvalue weighted by Gasteiger charge is -2.43. The summed E-state index contributed by atoms with van der Waals surface area (Å²) in [6.07, 6.45) is 0.859. The first-order valence-electron chi connectivity index (χ1n) is 7.88. The number of morpholine rings is 1. The average Bonchev–Trinajstić information content (AvgIpc) is 2.60. The minimum Gasteiger partial charge on any atom is -0.497 e. The number of benzene rings is 1. The van der Waals surface area contributed by atoms with Gasteiger partial charge in [0.1, 0.15) is 5.75 Å². The highest BCUT2D eigenvalue weighted by Crippen LogP contribution is 2.21. The molecule has 1 atom stereocenters. The molecule has 0 spiro atoms. The van der Waals surface area contributed by atoms with Crippen LogP contribution in [0, 0.1) is 0 Å². The van der Waals surface area contributed by atoms with Gasteiger partial charge in [0.2, 0.25) is 10.0 Å². The van der Waals surface area contributed by atoms with Crippen molar-refractivity contribution in [1.29, 1.82) is 0 Å². The van der Waals surface area contributed by atoms with Crippen LogP contribution < -0.4 is 9.46 Å². The minimum absolute atomic E-state index is 0.219. The van der Waals surface area contributed by atoms with Gasteiger partial charge in [0.25, 0.3) is 0 Å². The largest absolute Gasteiger partial charge is 0.497 e. The number of hydrogen-bond donors (Lipinski definition) is 1. The summed E-state index contributed by atoms with van der Waals surface area (Å²) in [5, 5.41) is 0. The summed E-state index contributed by atoms with van der Waals surface area (Å²) in [5.74, 6) is 0.635. The standard InChI is InChI=1S/C16H26N2O4S/c1-4-16(2,18-9-11-22-12-10-18)13-17-23(19,20)15-7-5-14(21-3)6-8-15/h5-8,17H,4,9-13H2,1-3H3. The second kappa shape index (κ2) is 7.61. The fourth-order valence-corrected chi connectivity index (χ4v) is 3.81. The number of ether oxygens (including phenoxy) is 2. The van der Waals surface area contributed by atoms with Gasteiger partial charge in [-0.05, 0) is 37.6 Å². The van der Waals surface area contributed by atoms with Crippen LogP contribution in [0.3, 0.4) is 0 Å². The van der Waals surface area contributed by atoms with E-state index in [4.69, 9.17) is 9.47 Å². The quantitative estimate of drug-likeness (QED) is 0.813. The van der Waals surface area contributed by atoms with Crippen molar-refractivity contribution in [2.75, 3.05) is 40.0 Å². The van der Waals surface area contributed by atoms with Crippen LogP contribution in [0.4, 0.5) is 0 Å². The van der Waals surface area contributed by atoms with Crippen LogP contribution in [0.15, 0.2) is 29.2 Å². The highest BCUT2D eigenvalue weighted by Gasteiger charge is 2.32. The molecule has 1 aliphatic rings. The molecule has 0 saturated carbocycles. The van der Waals surface area contributed by atoms with Crippen LogP contribution >= 0.6 is 0 Å². The lowest BCUT2D eigenvalue weighted by Crippen LogP contribution is -2.56. The van der Waals surface area contributed by atoms with E-state index in [1.54, 1.807) is 31.4 Å². The van der Waals surface area contributed by atoms with Crippen molar-refractivity contribution < 1.29 is 17.9 Å². The fourth-order valence-electron chi connectivity index (χ4n) is 2.65. The Bertz CT molecular complexity index is 597. The van der Waals surface area contributed by atoms with E-state index in [0.717, 1.165) is 19.5 Å². The zero-order chi connectivity index (χ0) is 16.9. The summed E-state index contributed by atoms with van der Waals surface area (Å²) >= 11 is 0. The Morgan fingerprint density at radius 1 is 1.26 bits per heavy atom. The monoisotopic (exact) mass is 342 g/mol. The summed E-state index contributed by atoms with van der Waals surface area (Å²) in [4.78, 5) is 2.55. The van der Waals surface area contributed by atoms with Crippen LogP contribution in [0.5, 0.6) is 5.75 Å². The molecule has 1 aromatic rings. The van der Waals surface area contributed by atoms with Crippen LogP contribution in [-0.4, -0.2) is 58.8 Å². The maximum atomic E-state index is 12.5. The molecular weight excluding hydrogens is 316 g/mol. The maximum Gasteiger partial charge on any atom is 0.240 e. The Hall–Kier alpha value is -1.15. The molecule has 0 aromatic heterocycles. The van der Waals surface area contributed by atoms with Gasteiger partial charge in [-0.25, -0.2) is 13.1 Å². The molecule has 1 heterocycles. The van der Waals surface area contributed by atoms with Gasteiger partial charge >= 0.3 is 0 Å². The lowest BCUT2D eigenvalue weighted by atomic mass is 9.96. The van der Waals surface area contributed by atoms with Crippen molar-refractivity contribution in [1.82, 2.24) is 9.62 Å². The van der Waals surface area contributed by atoms with Crippen molar-refractivity contribution in [2.24, 2.45) is 0 Å². The molecule has 1 saturated heterocycles. The molecule has 1 aromatic carbocycles. The first-order chi connectivity index (χ1) is 10.9. The van der Waals surface area contributed by atoms with Gasteiger partial charge < -0.3 is 9.47 Å². The predicted molar refractivity (Wildman–Crippen MR) is 89.3 cm³/mol. The predicted octanol–water partition coefficient (Wildman–Crippen LogP) is 1.47. The fraction of sp³-hybridized carbons (Fsp3) is 0.625. The van der Waals surface area contributed by atoms with Gasteiger partial charge in [-0.2, -0.15) is 0 Å². The van der Waals surface area contributed by atoms with Gasteiger partial charge in [0.05, 0.1) is 25.2 Å². The summed E-state index contributed by atoms with van der Waals surface area (Å²) in [7, 11) is -1.98. The van der Waals surface area contributed by atoms with Gasteiger partial charge in [-0.15, -0.1) is 0 Å². The van der Waals surface area contributed by atoms with Crippen LogP contribution in [0.1, 0.15) is 20.3 Å². The number of hydrogen-bond acceptors (Lipinski definition) is 5. The highest BCUT2D eigenvalue weighted by molar-refractivity contribution is 7.89.